The molecule has 1 aromatic rings. The second kappa shape index (κ2) is 18.9. The Balaban J connectivity index is 0.00000484. The molecular formula is C30H47ClN4O5S2. The number of carbonyl (C=O) groups is 3. The fourth-order valence-corrected chi connectivity index (χ4v) is 8.09. The first-order valence-electron chi connectivity index (χ1n) is 15.0. The zero-order chi connectivity index (χ0) is 28.9. The maximum absolute atomic E-state index is 13.5. The minimum atomic E-state index is -0.657. The molecule has 3 fully saturated rings. The zero-order valence-electron chi connectivity index (χ0n) is 24.7. The van der Waals surface area contributed by atoms with E-state index in [9.17, 15) is 14.4 Å². The smallest absolute Gasteiger partial charge is 0.411 e. The standard InChI is InChI=1S/C30H46N4O5S2.ClH/c1-38-16-17-39-30(37)34-22-41-21-27(34)29(36)32-26(20-40-19-24-10-6-3-7-11-24)28(35)31-25-12-14-33(15-13-25)18-23-8-4-2-5-9-23;/h2,4-5,8-9,24-27H,3,6-7,10-22H2,1H3,(H,31,35)(H,32,36);1H/t26-,27-;/m0./s1. The van der Waals surface area contributed by atoms with Gasteiger partial charge in [-0.3, -0.25) is 19.4 Å². The fourth-order valence-electron chi connectivity index (χ4n) is 5.67. The van der Waals surface area contributed by atoms with Crippen molar-refractivity contribution in [2.24, 2.45) is 5.92 Å². The molecule has 4 rings (SSSR count). The summed E-state index contributed by atoms with van der Waals surface area (Å²) in [5.74, 6) is 2.66. The van der Waals surface area contributed by atoms with Crippen LogP contribution in [0, 0.1) is 5.92 Å². The van der Waals surface area contributed by atoms with E-state index in [4.69, 9.17) is 9.47 Å². The summed E-state index contributed by atoms with van der Waals surface area (Å²) < 4.78 is 10.2. The lowest BCUT2D eigenvalue weighted by molar-refractivity contribution is -0.130. The van der Waals surface area contributed by atoms with Gasteiger partial charge in [0.15, 0.2) is 0 Å². The number of hydrogen-bond acceptors (Lipinski definition) is 8. The van der Waals surface area contributed by atoms with Crippen molar-refractivity contribution in [3.05, 3.63) is 35.9 Å². The van der Waals surface area contributed by atoms with Gasteiger partial charge in [-0.25, -0.2) is 4.79 Å². The number of thioether (sulfide) groups is 2. The Morgan fingerprint density at radius 1 is 1.05 bits per heavy atom. The van der Waals surface area contributed by atoms with E-state index in [-0.39, 0.29) is 36.9 Å². The molecule has 1 saturated carbocycles. The van der Waals surface area contributed by atoms with E-state index in [2.05, 4.69) is 39.8 Å². The van der Waals surface area contributed by atoms with Crippen LogP contribution >= 0.6 is 35.9 Å². The predicted octanol–water partition coefficient (Wildman–Crippen LogP) is 4.15. The Hall–Kier alpha value is -1.66. The van der Waals surface area contributed by atoms with Crippen molar-refractivity contribution in [2.75, 3.05) is 56.5 Å². The number of nitrogens with zero attached hydrogens (tertiary/aromatic N) is 2. The average molecular weight is 643 g/mol. The number of piperidine rings is 1. The third-order valence-electron chi connectivity index (χ3n) is 8.11. The Labute approximate surface area is 265 Å². The van der Waals surface area contributed by atoms with E-state index in [1.807, 2.05) is 6.07 Å². The van der Waals surface area contributed by atoms with E-state index in [0.29, 0.717) is 29.9 Å². The van der Waals surface area contributed by atoms with Gasteiger partial charge in [0.1, 0.15) is 18.7 Å². The molecule has 2 N–H and O–H groups in total. The molecule has 2 heterocycles. The largest absolute Gasteiger partial charge is 0.447 e. The summed E-state index contributed by atoms with van der Waals surface area (Å²) in [6.07, 6.45) is 7.62. The molecule has 0 bridgehead atoms. The van der Waals surface area contributed by atoms with Crippen molar-refractivity contribution in [1.82, 2.24) is 20.4 Å². The molecule has 3 aliphatic rings. The Morgan fingerprint density at radius 2 is 1.79 bits per heavy atom. The molecule has 42 heavy (non-hydrogen) atoms. The highest BCUT2D eigenvalue weighted by molar-refractivity contribution is 7.99. The van der Waals surface area contributed by atoms with E-state index in [1.165, 1.54) is 54.3 Å². The van der Waals surface area contributed by atoms with Crippen LogP contribution in [0.25, 0.3) is 0 Å². The molecule has 2 aliphatic heterocycles. The number of rotatable bonds is 13. The van der Waals surface area contributed by atoms with E-state index >= 15 is 0 Å². The predicted molar refractivity (Wildman–Crippen MR) is 172 cm³/mol. The summed E-state index contributed by atoms with van der Waals surface area (Å²) in [4.78, 5) is 43.4. The van der Waals surface area contributed by atoms with Crippen molar-refractivity contribution in [3.8, 4) is 0 Å². The number of halogens is 1. The fraction of sp³-hybridized carbons (Fsp3) is 0.700. The van der Waals surface area contributed by atoms with Gasteiger partial charge in [0.05, 0.1) is 12.5 Å². The number of hydrogen-bond donors (Lipinski definition) is 2. The van der Waals surface area contributed by atoms with Crippen LogP contribution in [0.15, 0.2) is 30.3 Å². The van der Waals surface area contributed by atoms with Crippen LogP contribution < -0.4 is 10.6 Å². The number of amides is 3. The lowest BCUT2D eigenvalue weighted by atomic mass is 9.91. The minimum absolute atomic E-state index is 0. The lowest BCUT2D eigenvalue weighted by Gasteiger charge is -2.33. The average Bonchev–Trinajstić information content (AvgIpc) is 3.49. The van der Waals surface area contributed by atoms with Gasteiger partial charge in [-0.15, -0.1) is 24.2 Å². The molecule has 9 nitrogen and oxygen atoms in total. The third-order valence-corrected chi connectivity index (χ3v) is 10.4. The third kappa shape index (κ3) is 11.1. The van der Waals surface area contributed by atoms with Crippen LogP contribution in [-0.4, -0.2) is 102 Å². The number of benzene rings is 1. The van der Waals surface area contributed by atoms with Crippen LogP contribution in [0.2, 0.25) is 0 Å². The number of likely N-dealkylation sites (tertiary alicyclic amines) is 1. The molecule has 12 heteroatoms. The first-order chi connectivity index (χ1) is 20.0. The molecule has 0 radical (unpaired) electrons. The number of nitrogens with one attached hydrogen (secondary N) is 2. The summed E-state index contributed by atoms with van der Waals surface area (Å²) in [5.41, 5.74) is 1.30. The highest BCUT2D eigenvalue weighted by Gasteiger charge is 2.37. The van der Waals surface area contributed by atoms with Crippen LogP contribution in [-0.2, 0) is 25.6 Å². The van der Waals surface area contributed by atoms with Crippen LogP contribution in [0.4, 0.5) is 4.79 Å². The van der Waals surface area contributed by atoms with Crippen molar-refractivity contribution < 1.29 is 23.9 Å². The molecule has 0 aromatic heterocycles. The van der Waals surface area contributed by atoms with Gasteiger partial charge in [0.2, 0.25) is 11.8 Å². The van der Waals surface area contributed by atoms with E-state index in [1.54, 1.807) is 18.9 Å². The SMILES string of the molecule is COCCOC(=O)N1CSC[C@H]1C(=O)N[C@@H](CSCC1CCCCC1)C(=O)NC1CCN(Cc2ccccc2)CC1.Cl. The Kier molecular flexibility index (Phi) is 15.7. The van der Waals surface area contributed by atoms with Crippen LogP contribution in [0.5, 0.6) is 0 Å². The lowest BCUT2D eigenvalue weighted by Crippen LogP contribution is -2.56. The molecule has 2 saturated heterocycles. The quantitative estimate of drug-likeness (QED) is 0.310. The second-order valence-corrected chi connectivity index (χ2v) is 13.3. The summed E-state index contributed by atoms with van der Waals surface area (Å²) in [7, 11) is 1.54. The highest BCUT2D eigenvalue weighted by atomic mass is 35.5. The van der Waals surface area contributed by atoms with Gasteiger partial charge in [-0.1, -0.05) is 49.6 Å². The van der Waals surface area contributed by atoms with Crippen LogP contribution in [0.3, 0.4) is 0 Å². The topological polar surface area (TPSA) is 100 Å². The monoisotopic (exact) mass is 642 g/mol. The van der Waals surface area contributed by atoms with Crippen molar-refractivity contribution >= 4 is 53.8 Å². The first kappa shape index (κ1) is 34.8. The zero-order valence-corrected chi connectivity index (χ0v) is 27.1. The molecule has 1 aromatic carbocycles. The van der Waals surface area contributed by atoms with E-state index < -0.39 is 18.2 Å². The van der Waals surface area contributed by atoms with Gasteiger partial charge < -0.3 is 20.1 Å². The number of ether oxygens (including phenoxy) is 2. The van der Waals surface area contributed by atoms with Crippen molar-refractivity contribution in [2.45, 2.75) is 69.6 Å². The van der Waals surface area contributed by atoms with Gasteiger partial charge in [-0.2, -0.15) is 11.8 Å². The minimum Gasteiger partial charge on any atom is -0.447 e. The molecule has 2 atom stereocenters. The van der Waals surface area contributed by atoms with Gasteiger partial charge >= 0.3 is 6.09 Å². The van der Waals surface area contributed by atoms with Crippen molar-refractivity contribution in [1.29, 1.82) is 0 Å². The molecule has 236 valence electrons. The number of carbonyl (C=O) groups excluding carboxylic acids is 3. The highest BCUT2D eigenvalue weighted by Crippen LogP contribution is 2.27. The summed E-state index contributed by atoms with van der Waals surface area (Å²) in [6, 6.07) is 9.25. The second-order valence-electron chi connectivity index (χ2n) is 11.2. The van der Waals surface area contributed by atoms with Gasteiger partial charge in [0.25, 0.3) is 0 Å². The van der Waals surface area contributed by atoms with E-state index in [0.717, 1.165) is 38.2 Å². The van der Waals surface area contributed by atoms with Gasteiger partial charge in [-0.05, 0) is 42.9 Å². The first-order valence-corrected chi connectivity index (χ1v) is 17.3. The Morgan fingerprint density at radius 3 is 2.50 bits per heavy atom. The summed E-state index contributed by atoms with van der Waals surface area (Å²) in [5, 5.41) is 6.25. The molecular weight excluding hydrogens is 596 g/mol. The normalized spacial score (nSPS) is 20.9. The Bertz CT molecular complexity index is 964. The van der Waals surface area contributed by atoms with Crippen LogP contribution in [0.1, 0.15) is 50.5 Å². The van der Waals surface area contributed by atoms with Crippen molar-refractivity contribution in [3.63, 3.8) is 0 Å². The maximum Gasteiger partial charge on any atom is 0.411 e. The molecule has 0 spiro atoms. The summed E-state index contributed by atoms with van der Waals surface area (Å²) in [6.45, 7) is 3.20. The maximum atomic E-state index is 13.5. The number of methoxy groups -OCH3 is 1. The van der Waals surface area contributed by atoms with Gasteiger partial charge in [0, 0.05) is 44.3 Å². The molecule has 1 aliphatic carbocycles. The molecule has 0 unspecified atom stereocenters. The molecule has 3 amide bonds. The summed E-state index contributed by atoms with van der Waals surface area (Å²) >= 11 is 3.27.